The fraction of sp³-hybridized carbons (Fsp3) is 0.112. The van der Waals surface area contributed by atoms with E-state index in [1.165, 1.54) is 68.8 Å². The highest BCUT2D eigenvalue weighted by Crippen LogP contribution is 2.46. The van der Waals surface area contributed by atoms with E-state index < -0.39 is 47.0 Å². The third-order valence-electron chi connectivity index (χ3n) is 21.7. The number of methoxy groups -OCH3 is 3. The maximum atomic E-state index is 14.6. The van der Waals surface area contributed by atoms with E-state index in [-0.39, 0.29) is 75.8 Å². The van der Waals surface area contributed by atoms with E-state index in [2.05, 4.69) is 151 Å². The van der Waals surface area contributed by atoms with Gasteiger partial charge in [0.2, 0.25) is 29.1 Å². The summed E-state index contributed by atoms with van der Waals surface area (Å²) in [6.07, 6.45) is 20.8. The first-order valence-corrected chi connectivity index (χ1v) is 43.4. The Hall–Kier alpha value is -18.9. The molecule has 0 fully saturated rings. The molecule has 15 heterocycles. The molecule has 0 saturated carbocycles. The third-order valence-corrected chi connectivity index (χ3v) is 21.7. The second kappa shape index (κ2) is 43.2. The summed E-state index contributed by atoms with van der Waals surface area (Å²) in [7, 11) is 4.63. The Bertz CT molecular complexity index is 8010. The molecule has 38 nitrogen and oxygen atoms in total. The van der Waals surface area contributed by atoms with Gasteiger partial charge in [0.15, 0.2) is 28.8 Å². The van der Waals surface area contributed by atoms with Crippen molar-refractivity contribution in [2.75, 3.05) is 39.6 Å². The Kier molecular flexibility index (Phi) is 28.1. The van der Waals surface area contributed by atoms with E-state index in [9.17, 15) is 30.7 Å². The van der Waals surface area contributed by atoms with E-state index in [1.54, 1.807) is 195 Å². The second-order valence-corrected chi connectivity index (χ2v) is 30.7. The van der Waals surface area contributed by atoms with E-state index in [0.29, 0.717) is 118 Å². The molecule has 2 unspecified atom stereocenters. The molecule has 14 aromatic heterocycles. The predicted octanol–water partition coefficient (Wildman–Crippen LogP) is 18.1. The van der Waals surface area contributed by atoms with Crippen LogP contribution in [0.5, 0.6) is 0 Å². The summed E-state index contributed by atoms with van der Waals surface area (Å²) in [6, 6.07) is 59.3. The number of aromatic nitrogens is 27. The van der Waals surface area contributed by atoms with Gasteiger partial charge in [0, 0.05) is 112 Å². The minimum atomic E-state index is -0.701. The van der Waals surface area contributed by atoms with E-state index in [1.807, 2.05) is 36.4 Å². The number of nitrogens with zero attached hydrogens (tertiary/aromatic N) is 30. The van der Waals surface area contributed by atoms with Gasteiger partial charge in [0.1, 0.15) is 86.6 Å². The van der Waals surface area contributed by atoms with Crippen LogP contribution in [-0.4, -0.2) is 170 Å². The number of pyridine rings is 5. The number of hydrogen-bond donors (Lipinski definition) is 0. The smallest absolute Gasteiger partial charge is 0.281 e. The minimum Gasteiger partial charge on any atom is -0.384 e. The molecule has 0 N–H and O–H groups in total. The molecule has 0 bridgehead atoms. The molecule has 21 aromatic rings. The number of anilines is 1. The highest BCUT2D eigenvalue weighted by molar-refractivity contribution is 5.76. The van der Waals surface area contributed by atoms with Crippen molar-refractivity contribution in [3.63, 3.8) is 0 Å². The standard InChI is InChI=1S/C24H17FN6O.C20H12FN7O.C19H14F3N5O2.C18H15FN6O2.C17H13FN6O2/c25-19-6-1-2-7-20(19)31-22(16-10-12-26-13-11-16)21(28-30-31)24-27-23(29-32-24)18-9-8-15-4-3-5-17(15)14-18;21-14-5-1-2-7-16(14)28-18(13-8-11-22-12-9-13)17(25-27-28)20-24-19(26-29-20)15-6-3-4-10-23-15;1-28-9-8-16-17(24-26-27(16)15-5-3-2-4-14(15)22)19-23-18(25-29-19)12-10-11(20)6-7-13(12)21;1-26-10-8-15-16(22-24-25(15)14-7-3-2-6-13(14)19)18-21-17(23-27-18)12-5-4-9-20-11-12;1-25-10-14-15(21-23-24(14)13-7-3-2-6-12(13)18)17-20-16(22-26-17)11-5-4-8-19-9-11/h1-3,5-14,21-22H,4H2;1-12H;2-7,10H,8-9H2,1H3;2-7,9,11H,8,10H2,1H3;2-9H,10H2,1H3. The lowest BCUT2D eigenvalue weighted by molar-refractivity contribution is 0.179. The van der Waals surface area contributed by atoms with E-state index >= 15 is 0 Å². The SMILES string of the molecule is COCCc1c(-c2nc(-c3cc(F)ccc3F)no2)nnn1-c1ccccc1F.COCCc1c(-c2nc(-c3cccnc3)no2)nnn1-c1ccccc1F.COCc1c(-c2nc(-c3cccnc3)no2)nnn1-c1ccccc1F.Fc1ccccc1-n1nnc(-c2nc(-c3ccccn3)no2)c1-c1ccncc1.Fc1ccccc1N1N=NC(c2nc(-c3ccc4c(c3)C=CC4)no2)C1c1ccncc1. The van der Waals surface area contributed by atoms with Crippen LogP contribution in [0.15, 0.2) is 319 Å². The van der Waals surface area contributed by atoms with Crippen LogP contribution in [0.2, 0.25) is 0 Å². The number of halogens is 7. The molecule has 0 radical (unpaired) electrons. The van der Waals surface area contributed by atoms with Crippen LogP contribution in [0, 0.1) is 40.7 Å². The number of fused-ring (bicyclic) bond motifs is 1. The summed E-state index contributed by atoms with van der Waals surface area (Å²) in [4.78, 5) is 42.3. The maximum absolute atomic E-state index is 14.6. The summed E-state index contributed by atoms with van der Waals surface area (Å²) in [5, 5.41) is 62.7. The van der Waals surface area contributed by atoms with Crippen molar-refractivity contribution in [3.8, 4) is 137 Å². The van der Waals surface area contributed by atoms with Gasteiger partial charge in [-0.3, -0.25) is 24.9 Å². The highest BCUT2D eigenvalue weighted by atomic mass is 19.2. The number of hydrogen-bond acceptors (Lipinski definition) is 34. The Balaban J connectivity index is 0.000000114. The summed E-state index contributed by atoms with van der Waals surface area (Å²) in [5.74, 6) is -1.29. The number of rotatable bonds is 25. The first kappa shape index (κ1) is 93.1. The largest absolute Gasteiger partial charge is 0.384 e. The summed E-state index contributed by atoms with van der Waals surface area (Å²) in [5.41, 5.74) is 11.4. The molecule has 0 amide bonds. The molecule has 0 spiro atoms. The normalized spacial score (nSPS) is 12.8. The lowest BCUT2D eigenvalue weighted by atomic mass is 10.00. The monoisotopic (exact) mass is 1930 g/mol. The number of para-hydroxylation sites is 5. The first-order chi connectivity index (χ1) is 70.2. The lowest BCUT2D eigenvalue weighted by Gasteiger charge is -2.24. The van der Waals surface area contributed by atoms with Gasteiger partial charge in [-0.1, -0.05) is 143 Å². The van der Waals surface area contributed by atoms with Crippen molar-refractivity contribution in [2.24, 2.45) is 10.3 Å². The molecule has 7 aromatic carbocycles. The Labute approximate surface area is 803 Å². The zero-order chi connectivity index (χ0) is 98.1. The average Bonchev–Trinajstić information content (AvgIpc) is 1.63. The zero-order valence-electron chi connectivity index (χ0n) is 74.9. The van der Waals surface area contributed by atoms with Crippen LogP contribution in [0.3, 0.4) is 0 Å². The third kappa shape index (κ3) is 20.4. The van der Waals surface area contributed by atoms with Crippen molar-refractivity contribution in [3.05, 3.63) is 367 Å². The molecular weight excluding hydrogens is 1860 g/mol. The summed E-state index contributed by atoms with van der Waals surface area (Å²) >= 11 is 0. The maximum Gasteiger partial charge on any atom is 0.281 e. The molecule has 143 heavy (non-hydrogen) atoms. The van der Waals surface area contributed by atoms with Crippen LogP contribution in [-0.2, 0) is 40.1 Å². The van der Waals surface area contributed by atoms with Crippen LogP contribution < -0.4 is 5.01 Å². The zero-order valence-corrected chi connectivity index (χ0v) is 74.9. The van der Waals surface area contributed by atoms with E-state index in [0.717, 1.165) is 46.9 Å². The molecule has 1 aliphatic carbocycles. The van der Waals surface area contributed by atoms with Crippen LogP contribution in [0.1, 0.15) is 51.7 Å². The van der Waals surface area contributed by atoms with E-state index in [4.69, 9.17) is 36.8 Å². The van der Waals surface area contributed by atoms with Crippen molar-refractivity contribution in [2.45, 2.75) is 38.0 Å². The predicted molar refractivity (Wildman–Crippen MR) is 495 cm³/mol. The first-order valence-electron chi connectivity index (χ1n) is 43.4. The molecule has 23 rings (SSSR count). The van der Waals surface area contributed by atoms with Crippen molar-refractivity contribution in [1.29, 1.82) is 0 Å². The number of ether oxygens (including phenoxy) is 3. The van der Waals surface area contributed by atoms with Crippen molar-refractivity contribution < 1.29 is 67.6 Å². The van der Waals surface area contributed by atoms with Gasteiger partial charge in [-0.25, -0.2) is 54.5 Å². The minimum absolute atomic E-state index is 0.0580. The van der Waals surface area contributed by atoms with Crippen LogP contribution >= 0.6 is 0 Å². The Morgan fingerprint density at radius 3 is 1.37 bits per heavy atom. The number of benzene rings is 7. The summed E-state index contributed by atoms with van der Waals surface area (Å²) in [6.45, 7) is 0.841. The molecule has 2 aliphatic rings. The molecule has 0 saturated heterocycles. The Morgan fingerprint density at radius 1 is 0.371 bits per heavy atom. The van der Waals surface area contributed by atoms with Crippen molar-refractivity contribution in [1.82, 2.24) is 136 Å². The van der Waals surface area contributed by atoms with Gasteiger partial charge in [0.05, 0.1) is 42.5 Å². The molecule has 2 atom stereocenters. The van der Waals surface area contributed by atoms with Gasteiger partial charge >= 0.3 is 0 Å². The Morgan fingerprint density at radius 2 is 0.839 bits per heavy atom. The fourth-order valence-electron chi connectivity index (χ4n) is 15.0. The van der Waals surface area contributed by atoms with Gasteiger partial charge in [-0.05, 0) is 169 Å². The highest BCUT2D eigenvalue weighted by Gasteiger charge is 2.41. The molecule has 710 valence electrons. The summed E-state index contributed by atoms with van der Waals surface area (Å²) < 4.78 is 147. The number of allylic oxidation sites excluding steroid dienone is 1. The molecular formula is C98H71F7N30O8. The van der Waals surface area contributed by atoms with Gasteiger partial charge < -0.3 is 36.8 Å². The fourth-order valence-corrected chi connectivity index (χ4v) is 15.0. The van der Waals surface area contributed by atoms with Crippen LogP contribution in [0.25, 0.3) is 143 Å². The van der Waals surface area contributed by atoms with Gasteiger partial charge in [-0.2, -0.15) is 30.0 Å². The topological polar surface area (TPSA) is 438 Å². The quantitative estimate of drug-likeness (QED) is 0.0480. The van der Waals surface area contributed by atoms with Gasteiger partial charge in [0.25, 0.3) is 29.5 Å². The molecule has 1 aliphatic heterocycles. The van der Waals surface area contributed by atoms with Gasteiger partial charge in [-0.15, -0.1) is 20.4 Å². The van der Waals surface area contributed by atoms with Crippen LogP contribution in [0.4, 0.5) is 36.4 Å². The lowest BCUT2D eigenvalue weighted by Crippen LogP contribution is -2.24. The van der Waals surface area contributed by atoms with Crippen molar-refractivity contribution >= 4 is 11.8 Å². The second-order valence-electron chi connectivity index (χ2n) is 30.7. The average molecular weight is 1930 g/mol. The molecule has 45 heteroatoms.